The van der Waals surface area contributed by atoms with Crippen LogP contribution >= 0.6 is 0 Å². The Labute approximate surface area is 66.4 Å². The van der Waals surface area contributed by atoms with Gasteiger partial charge in [-0.15, -0.1) is 0 Å². The summed E-state index contributed by atoms with van der Waals surface area (Å²) in [4.78, 5) is 11.3. The minimum atomic E-state index is -0.939. The SMILES string of the molecule is C[NH+](C)CC[C@H](O)CC(=O)O. The van der Waals surface area contributed by atoms with E-state index >= 15 is 0 Å². The van der Waals surface area contributed by atoms with Crippen LogP contribution in [0.3, 0.4) is 0 Å². The second-order valence-electron chi connectivity index (χ2n) is 3.00. The number of carbonyl (C=O) groups is 1. The molecule has 0 aromatic carbocycles. The van der Waals surface area contributed by atoms with E-state index in [1.807, 2.05) is 14.1 Å². The van der Waals surface area contributed by atoms with Crippen LogP contribution in [0.4, 0.5) is 0 Å². The molecule has 0 heterocycles. The molecule has 11 heavy (non-hydrogen) atoms. The van der Waals surface area contributed by atoms with E-state index in [4.69, 9.17) is 10.2 Å². The molecule has 0 saturated heterocycles. The van der Waals surface area contributed by atoms with Crippen molar-refractivity contribution in [1.82, 2.24) is 0 Å². The maximum atomic E-state index is 10.1. The third-order valence-corrected chi connectivity index (χ3v) is 1.39. The van der Waals surface area contributed by atoms with Crippen molar-refractivity contribution in [2.75, 3.05) is 20.6 Å². The first kappa shape index (κ1) is 10.4. The monoisotopic (exact) mass is 162 g/mol. The number of hydrogen-bond acceptors (Lipinski definition) is 2. The van der Waals surface area contributed by atoms with Gasteiger partial charge in [0, 0.05) is 6.42 Å². The largest absolute Gasteiger partial charge is 0.481 e. The summed E-state index contributed by atoms with van der Waals surface area (Å²) in [5, 5.41) is 17.4. The smallest absolute Gasteiger partial charge is 0.305 e. The molecule has 0 saturated carbocycles. The maximum Gasteiger partial charge on any atom is 0.305 e. The molecule has 4 heteroatoms. The fourth-order valence-corrected chi connectivity index (χ4v) is 0.759. The van der Waals surface area contributed by atoms with E-state index in [0.29, 0.717) is 6.42 Å². The normalized spacial score (nSPS) is 13.5. The van der Waals surface area contributed by atoms with Gasteiger partial charge in [-0.3, -0.25) is 4.79 Å². The quantitative estimate of drug-likeness (QED) is 0.454. The van der Waals surface area contributed by atoms with Gasteiger partial charge in [0.1, 0.15) is 0 Å². The molecule has 0 aromatic rings. The molecule has 1 atom stereocenters. The Morgan fingerprint density at radius 1 is 1.55 bits per heavy atom. The number of carboxylic acid groups (broad SMARTS) is 1. The van der Waals surface area contributed by atoms with E-state index in [1.165, 1.54) is 4.90 Å². The van der Waals surface area contributed by atoms with Crippen LogP contribution in [0.1, 0.15) is 12.8 Å². The Bertz CT molecular complexity index is 125. The number of aliphatic hydroxyl groups excluding tert-OH is 1. The molecular weight excluding hydrogens is 146 g/mol. The van der Waals surface area contributed by atoms with Gasteiger partial charge >= 0.3 is 5.97 Å². The van der Waals surface area contributed by atoms with Gasteiger partial charge in [0.2, 0.25) is 0 Å². The number of aliphatic hydroxyl groups is 1. The summed E-state index contributed by atoms with van der Waals surface area (Å²) in [5.74, 6) is -0.939. The molecule has 0 aliphatic heterocycles. The minimum absolute atomic E-state index is 0.146. The molecule has 0 aliphatic rings. The van der Waals surface area contributed by atoms with Gasteiger partial charge in [0.25, 0.3) is 0 Å². The zero-order valence-electron chi connectivity index (χ0n) is 7.00. The molecule has 0 spiro atoms. The molecule has 0 aliphatic carbocycles. The highest BCUT2D eigenvalue weighted by Gasteiger charge is 2.10. The van der Waals surface area contributed by atoms with E-state index in [-0.39, 0.29) is 6.42 Å². The minimum Gasteiger partial charge on any atom is -0.481 e. The van der Waals surface area contributed by atoms with Crippen LogP contribution in [0.25, 0.3) is 0 Å². The first-order valence-electron chi connectivity index (χ1n) is 3.71. The molecule has 0 rings (SSSR count). The summed E-state index contributed by atoms with van der Waals surface area (Å²) >= 11 is 0. The Kier molecular flexibility index (Phi) is 4.81. The zero-order chi connectivity index (χ0) is 8.85. The summed E-state index contributed by atoms with van der Waals surface area (Å²) in [6, 6.07) is 0. The summed E-state index contributed by atoms with van der Waals surface area (Å²) in [5.41, 5.74) is 0. The highest BCUT2D eigenvalue weighted by Crippen LogP contribution is 1.94. The standard InChI is InChI=1S/C7H15NO3/c1-8(2)4-3-6(9)5-7(10)11/h6,9H,3-5H2,1-2H3,(H,10,11)/p+1/t6-/m0/s1. The Hall–Kier alpha value is -0.610. The molecule has 0 fully saturated rings. The van der Waals surface area contributed by atoms with Crippen LogP contribution in [0, 0.1) is 0 Å². The van der Waals surface area contributed by atoms with Gasteiger partial charge < -0.3 is 15.1 Å². The number of hydrogen-bond donors (Lipinski definition) is 3. The molecule has 66 valence electrons. The van der Waals surface area contributed by atoms with Crippen LogP contribution in [0.15, 0.2) is 0 Å². The van der Waals surface area contributed by atoms with Crippen molar-refractivity contribution in [3.05, 3.63) is 0 Å². The molecule has 0 aromatic heterocycles. The van der Waals surface area contributed by atoms with Gasteiger partial charge in [-0.2, -0.15) is 0 Å². The van der Waals surface area contributed by atoms with E-state index in [0.717, 1.165) is 6.54 Å². The summed E-state index contributed by atoms with van der Waals surface area (Å²) in [6.07, 6.45) is -0.288. The van der Waals surface area contributed by atoms with E-state index in [1.54, 1.807) is 0 Å². The van der Waals surface area contributed by atoms with Crippen molar-refractivity contribution in [2.24, 2.45) is 0 Å². The lowest BCUT2D eigenvalue weighted by atomic mass is 10.2. The second kappa shape index (κ2) is 5.09. The van der Waals surface area contributed by atoms with Crippen LogP contribution < -0.4 is 4.90 Å². The lowest BCUT2D eigenvalue weighted by molar-refractivity contribution is -0.858. The molecule has 0 unspecified atom stereocenters. The van der Waals surface area contributed by atoms with Crippen molar-refractivity contribution in [1.29, 1.82) is 0 Å². The number of rotatable bonds is 5. The lowest BCUT2D eigenvalue weighted by Gasteiger charge is -2.10. The fourth-order valence-electron chi connectivity index (χ4n) is 0.759. The van der Waals surface area contributed by atoms with Gasteiger partial charge in [-0.25, -0.2) is 0 Å². The molecule has 3 N–H and O–H groups in total. The average molecular weight is 162 g/mol. The maximum absolute atomic E-state index is 10.1. The number of quaternary nitrogens is 1. The second-order valence-corrected chi connectivity index (χ2v) is 3.00. The highest BCUT2D eigenvalue weighted by atomic mass is 16.4. The predicted molar refractivity (Wildman–Crippen MR) is 40.6 cm³/mol. The average Bonchev–Trinajstić information content (AvgIpc) is 1.82. The van der Waals surface area contributed by atoms with Crippen molar-refractivity contribution in [2.45, 2.75) is 18.9 Å². The molecular formula is C7H16NO3+. The third-order valence-electron chi connectivity index (χ3n) is 1.39. The molecule has 0 radical (unpaired) electrons. The van der Waals surface area contributed by atoms with Crippen LogP contribution in [-0.2, 0) is 4.79 Å². The van der Waals surface area contributed by atoms with E-state index in [2.05, 4.69) is 0 Å². The topological polar surface area (TPSA) is 62.0 Å². The third kappa shape index (κ3) is 7.29. The summed E-state index contributed by atoms with van der Waals surface area (Å²) in [7, 11) is 3.93. The summed E-state index contributed by atoms with van der Waals surface area (Å²) < 4.78 is 0. The first-order chi connectivity index (χ1) is 5.02. The van der Waals surface area contributed by atoms with Gasteiger partial charge in [-0.05, 0) is 0 Å². The molecule has 0 bridgehead atoms. The zero-order valence-corrected chi connectivity index (χ0v) is 7.00. The molecule has 4 nitrogen and oxygen atoms in total. The molecule has 0 amide bonds. The van der Waals surface area contributed by atoms with Crippen molar-refractivity contribution >= 4 is 5.97 Å². The van der Waals surface area contributed by atoms with E-state index in [9.17, 15) is 4.79 Å². The van der Waals surface area contributed by atoms with Crippen molar-refractivity contribution in [3.63, 3.8) is 0 Å². The Morgan fingerprint density at radius 2 is 2.09 bits per heavy atom. The number of aliphatic carboxylic acids is 1. The van der Waals surface area contributed by atoms with Crippen LogP contribution in [-0.4, -0.2) is 42.9 Å². The first-order valence-corrected chi connectivity index (χ1v) is 3.71. The van der Waals surface area contributed by atoms with Crippen molar-refractivity contribution < 1.29 is 19.9 Å². The Morgan fingerprint density at radius 3 is 2.45 bits per heavy atom. The van der Waals surface area contributed by atoms with Gasteiger partial charge in [0.05, 0.1) is 33.2 Å². The van der Waals surface area contributed by atoms with Gasteiger partial charge in [0.15, 0.2) is 0 Å². The van der Waals surface area contributed by atoms with E-state index < -0.39 is 12.1 Å². The summed E-state index contributed by atoms with van der Waals surface area (Å²) in [6.45, 7) is 0.800. The number of nitrogens with one attached hydrogen (secondary N) is 1. The van der Waals surface area contributed by atoms with Gasteiger partial charge in [-0.1, -0.05) is 0 Å². The van der Waals surface area contributed by atoms with Crippen LogP contribution in [0.5, 0.6) is 0 Å². The lowest BCUT2D eigenvalue weighted by Crippen LogP contribution is -3.05. The number of carboxylic acids is 1. The van der Waals surface area contributed by atoms with Crippen molar-refractivity contribution in [3.8, 4) is 0 Å². The fraction of sp³-hybridized carbons (Fsp3) is 0.857. The Balaban J connectivity index is 3.37. The highest BCUT2D eigenvalue weighted by molar-refractivity contribution is 5.67. The van der Waals surface area contributed by atoms with Crippen LogP contribution in [0.2, 0.25) is 0 Å². The predicted octanol–water partition coefficient (Wildman–Crippen LogP) is -1.64.